The molecule has 0 atom stereocenters. The van der Waals surface area contributed by atoms with Gasteiger partial charge in [0.2, 0.25) is 5.88 Å². The summed E-state index contributed by atoms with van der Waals surface area (Å²) in [5.41, 5.74) is 6.39. The van der Waals surface area contributed by atoms with E-state index < -0.39 is 0 Å². The van der Waals surface area contributed by atoms with Crippen molar-refractivity contribution in [3.8, 4) is 17.4 Å². The zero-order chi connectivity index (χ0) is 14.4. The van der Waals surface area contributed by atoms with Crippen LogP contribution >= 0.6 is 0 Å². The van der Waals surface area contributed by atoms with E-state index in [0.717, 1.165) is 18.7 Å². The van der Waals surface area contributed by atoms with Crippen LogP contribution < -0.4 is 20.5 Å². The molecule has 1 aromatic carbocycles. The fourth-order valence-electron chi connectivity index (χ4n) is 1.60. The number of anilines is 2. The van der Waals surface area contributed by atoms with Crippen LogP contribution in [0.15, 0.2) is 30.6 Å². The number of nitrogens with two attached hydrogens (primary N) is 1. The van der Waals surface area contributed by atoms with Crippen LogP contribution in [-0.2, 0) is 0 Å². The van der Waals surface area contributed by atoms with Gasteiger partial charge in [0.05, 0.1) is 7.11 Å². The van der Waals surface area contributed by atoms with Crippen LogP contribution in [0.4, 0.5) is 11.5 Å². The highest BCUT2D eigenvalue weighted by molar-refractivity contribution is 5.66. The maximum atomic E-state index is 5.99. The van der Waals surface area contributed by atoms with Gasteiger partial charge in [-0.25, -0.2) is 4.98 Å². The minimum Gasteiger partial charge on any atom is -0.497 e. The Morgan fingerprint density at radius 1 is 1.15 bits per heavy atom. The fraction of sp³-hybridized carbons (Fsp3) is 0.286. The summed E-state index contributed by atoms with van der Waals surface area (Å²) in [6, 6.07) is 7.20. The molecule has 0 spiro atoms. The molecule has 0 aliphatic rings. The Morgan fingerprint density at radius 2 is 1.85 bits per heavy atom. The molecular weight excluding hydrogens is 256 g/mol. The molecule has 0 saturated carbocycles. The Labute approximate surface area is 118 Å². The number of rotatable bonds is 6. The second kappa shape index (κ2) is 6.60. The molecule has 2 aromatic rings. The molecule has 6 nitrogen and oxygen atoms in total. The third kappa shape index (κ3) is 3.28. The first-order valence-corrected chi connectivity index (χ1v) is 6.40. The molecule has 1 heterocycles. The smallest absolute Gasteiger partial charge is 0.248 e. The highest BCUT2D eigenvalue weighted by Gasteiger charge is 2.09. The Kier molecular flexibility index (Phi) is 4.60. The van der Waals surface area contributed by atoms with E-state index >= 15 is 0 Å². The van der Waals surface area contributed by atoms with Crippen LogP contribution in [0.3, 0.4) is 0 Å². The van der Waals surface area contributed by atoms with Crippen LogP contribution in [0, 0.1) is 0 Å². The lowest BCUT2D eigenvalue weighted by Gasteiger charge is -2.11. The van der Waals surface area contributed by atoms with Gasteiger partial charge >= 0.3 is 0 Å². The van der Waals surface area contributed by atoms with E-state index in [9.17, 15) is 0 Å². The van der Waals surface area contributed by atoms with Gasteiger partial charge in [0.1, 0.15) is 23.5 Å². The van der Waals surface area contributed by atoms with Crippen LogP contribution in [0.1, 0.15) is 13.3 Å². The SMILES string of the molecule is CCCNc1ncnc(Oc2ccc(OC)cc2)c1N. The quantitative estimate of drug-likeness (QED) is 0.842. The molecule has 0 saturated heterocycles. The molecule has 3 N–H and O–H groups in total. The number of methoxy groups -OCH3 is 1. The molecule has 0 radical (unpaired) electrons. The summed E-state index contributed by atoms with van der Waals surface area (Å²) in [5.74, 6) is 2.32. The lowest BCUT2D eigenvalue weighted by Crippen LogP contribution is -2.07. The van der Waals surface area contributed by atoms with E-state index in [2.05, 4.69) is 22.2 Å². The number of ether oxygens (including phenoxy) is 2. The van der Waals surface area contributed by atoms with Crippen LogP contribution in [0.25, 0.3) is 0 Å². The van der Waals surface area contributed by atoms with Gasteiger partial charge in [-0.2, -0.15) is 4.98 Å². The molecular formula is C14H18N4O2. The number of nitrogens with one attached hydrogen (secondary N) is 1. The second-order valence-electron chi connectivity index (χ2n) is 4.15. The molecule has 0 amide bonds. The van der Waals surface area contributed by atoms with Crippen molar-refractivity contribution in [1.82, 2.24) is 9.97 Å². The molecule has 106 valence electrons. The predicted molar refractivity (Wildman–Crippen MR) is 78.3 cm³/mol. The lowest BCUT2D eigenvalue weighted by atomic mass is 10.3. The third-order valence-electron chi connectivity index (χ3n) is 2.66. The van der Waals surface area contributed by atoms with Crippen molar-refractivity contribution in [3.63, 3.8) is 0 Å². The van der Waals surface area contributed by atoms with Gasteiger partial charge in [0, 0.05) is 6.54 Å². The monoisotopic (exact) mass is 274 g/mol. The fourth-order valence-corrected chi connectivity index (χ4v) is 1.60. The largest absolute Gasteiger partial charge is 0.497 e. The number of hydrogen-bond donors (Lipinski definition) is 2. The van der Waals surface area contributed by atoms with Crippen molar-refractivity contribution in [2.45, 2.75) is 13.3 Å². The summed E-state index contributed by atoms with van der Waals surface area (Å²) >= 11 is 0. The molecule has 0 fully saturated rings. The molecule has 20 heavy (non-hydrogen) atoms. The van der Waals surface area contributed by atoms with E-state index in [0.29, 0.717) is 23.1 Å². The molecule has 6 heteroatoms. The first-order chi connectivity index (χ1) is 9.74. The van der Waals surface area contributed by atoms with Crippen LogP contribution in [0.5, 0.6) is 17.4 Å². The van der Waals surface area contributed by atoms with Crippen molar-refractivity contribution >= 4 is 11.5 Å². The summed E-state index contributed by atoms with van der Waals surface area (Å²) in [6.45, 7) is 2.86. The number of nitrogen functional groups attached to an aromatic ring is 1. The molecule has 2 rings (SSSR count). The number of hydrogen-bond acceptors (Lipinski definition) is 6. The normalized spacial score (nSPS) is 10.1. The van der Waals surface area contributed by atoms with E-state index in [1.54, 1.807) is 19.2 Å². The average Bonchev–Trinajstić information content (AvgIpc) is 2.49. The number of nitrogens with zero attached hydrogens (tertiary/aromatic N) is 2. The summed E-state index contributed by atoms with van der Waals surface area (Å²) in [6.07, 6.45) is 2.41. The zero-order valence-corrected chi connectivity index (χ0v) is 11.6. The summed E-state index contributed by atoms with van der Waals surface area (Å²) < 4.78 is 10.7. The van der Waals surface area contributed by atoms with Crippen molar-refractivity contribution in [2.24, 2.45) is 0 Å². The maximum Gasteiger partial charge on any atom is 0.248 e. The van der Waals surface area contributed by atoms with Crippen molar-refractivity contribution in [3.05, 3.63) is 30.6 Å². The third-order valence-corrected chi connectivity index (χ3v) is 2.66. The standard InChI is InChI=1S/C14H18N4O2/c1-3-8-16-13-12(15)14(18-9-17-13)20-11-6-4-10(19-2)5-7-11/h4-7,9H,3,8,15H2,1-2H3,(H,16,17,18). The van der Waals surface area contributed by atoms with Crippen molar-refractivity contribution < 1.29 is 9.47 Å². The summed E-state index contributed by atoms with van der Waals surface area (Å²) in [5, 5.41) is 3.13. The van der Waals surface area contributed by atoms with E-state index in [1.165, 1.54) is 6.33 Å². The first-order valence-electron chi connectivity index (χ1n) is 6.40. The van der Waals surface area contributed by atoms with E-state index in [4.69, 9.17) is 15.2 Å². The Hall–Kier alpha value is -2.50. The Bertz CT molecular complexity index is 558. The molecule has 1 aromatic heterocycles. The molecule has 0 aliphatic heterocycles. The van der Waals surface area contributed by atoms with Gasteiger partial charge in [-0.1, -0.05) is 6.92 Å². The molecule has 0 bridgehead atoms. The van der Waals surface area contributed by atoms with Gasteiger partial charge in [-0.05, 0) is 30.7 Å². The predicted octanol–water partition coefficient (Wildman–Crippen LogP) is 2.68. The number of aromatic nitrogens is 2. The highest BCUT2D eigenvalue weighted by atomic mass is 16.5. The molecule has 0 unspecified atom stereocenters. The van der Waals surface area contributed by atoms with Gasteiger partial charge in [-0.3, -0.25) is 0 Å². The highest BCUT2D eigenvalue weighted by Crippen LogP contribution is 2.29. The maximum absolute atomic E-state index is 5.99. The lowest BCUT2D eigenvalue weighted by molar-refractivity contribution is 0.412. The van der Waals surface area contributed by atoms with E-state index in [1.807, 2.05) is 12.1 Å². The topological polar surface area (TPSA) is 82.3 Å². The van der Waals surface area contributed by atoms with Gasteiger partial charge in [0.25, 0.3) is 0 Å². The van der Waals surface area contributed by atoms with Crippen molar-refractivity contribution in [1.29, 1.82) is 0 Å². The Morgan fingerprint density at radius 3 is 2.50 bits per heavy atom. The number of benzene rings is 1. The second-order valence-corrected chi connectivity index (χ2v) is 4.15. The molecule has 0 aliphatic carbocycles. The summed E-state index contributed by atoms with van der Waals surface area (Å²) in [7, 11) is 1.62. The van der Waals surface area contributed by atoms with Crippen molar-refractivity contribution in [2.75, 3.05) is 24.7 Å². The minimum atomic E-state index is 0.337. The van der Waals surface area contributed by atoms with E-state index in [-0.39, 0.29) is 0 Å². The van der Waals surface area contributed by atoms with Crippen LogP contribution in [-0.4, -0.2) is 23.6 Å². The van der Waals surface area contributed by atoms with Gasteiger partial charge < -0.3 is 20.5 Å². The zero-order valence-electron chi connectivity index (χ0n) is 11.6. The van der Waals surface area contributed by atoms with Crippen LogP contribution in [0.2, 0.25) is 0 Å². The van der Waals surface area contributed by atoms with Gasteiger partial charge in [-0.15, -0.1) is 0 Å². The summed E-state index contributed by atoms with van der Waals surface area (Å²) in [4.78, 5) is 8.15. The minimum absolute atomic E-state index is 0.337. The van der Waals surface area contributed by atoms with Gasteiger partial charge in [0.15, 0.2) is 5.82 Å². The first kappa shape index (κ1) is 13.9. The average molecular weight is 274 g/mol. The Balaban J connectivity index is 2.15.